The molecule has 1 heterocycles. The van der Waals surface area contributed by atoms with Crippen molar-refractivity contribution in [3.8, 4) is 0 Å². The lowest BCUT2D eigenvalue weighted by atomic mass is 9.88. The molecule has 0 aromatic carbocycles. The summed E-state index contributed by atoms with van der Waals surface area (Å²) in [5.74, 6) is 0.432. The highest BCUT2D eigenvalue weighted by Crippen LogP contribution is 2.27. The van der Waals surface area contributed by atoms with Crippen LogP contribution in [0.25, 0.3) is 0 Å². The van der Waals surface area contributed by atoms with Gasteiger partial charge in [0.1, 0.15) is 0 Å². The molecule has 2 atom stereocenters. The number of piperidine rings is 1. The molecule has 2 N–H and O–H groups in total. The minimum atomic E-state index is -3.24. The molecule has 2 aliphatic rings. The Balaban J connectivity index is 1.86. The van der Waals surface area contributed by atoms with Crippen LogP contribution in [0.15, 0.2) is 0 Å². The van der Waals surface area contributed by atoms with Crippen molar-refractivity contribution in [3.63, 3.8) is 0 Å². The number of hydrogen-bond acceptors (Lipinski definition) is 4. The smallest absolute Gasteiger partial charge is 0.214 e. The zero-order valence-electron chi connectivity index (χ0n) is 12.1. The van der Waals surface area contributed by atoms with Crippen molar-refractivity contribution in [2.75, 3.05) is 25.4 Å². The van der Waals surface area contributed by atoms with Gasteiger partial charge in [0, 0.05) is 25.6 Å². The van der Waals surface area contributed by atoms with Crippen molar-refractivity contribution >= 4 is 10.0 Å². The van der Waals surface area contributed by atoms with Gasteiger partial charge in [-0.05, 0) is 18.8 Å². The normalized spacial score (nSPS) is 30.5. The quantitative estimate of drug-likeness (QED) is 0.793. The summed E-state index contributed by atoms with van der Waals surface area (Å²) in [6.07, 6.45) is 6.66. The SMILES string of the molecule is O=S(=O)(CCC1CCCCC1)N1CCC(O)C(CO)C1. The fourth-order valence-corrected chi connectivity index (χ4v) is 5.03. The third-order valence-electron chi connectivity index (χ3n) is 4.79. The number of aliphatic hydroxyl groups is 2. The van der Waals surface area contributed by atoms with Crippen LogP contribution < -0.4 is 0 Å². The van der Waals surface area contributed by atoms with Gasteiger partial charge < -0.3 is 10.2 Å². The van der Waals surface area contributed by atoms with Crippen LogP contribution >= 0.6 is 0 Å². The Labute approximate surface area is 122 Å². The van der Waals surface area contributed by atoms with Crippen LogP contribution in [0.4, 0.5) is 0 Å². The first-order valence-electron chi connectivity index (χ1n) is 7.79. The van der Waals surface area contributed by atoms with Crippen LogP contribution in [0.5, 0.6) is 0 Å². The monoisotopic (exact) mass is 305 g/mol. The molecule has 2 fully saturated rings. The zero-order chi connectivity index (χ0) is 14.6. The molecule has 5 nitrogen and oxygen atoms in total. The van der Waals surface area contributed by atoms with Gasteiger partial charge in [-0.1, -0.05) is 32.1 Å². The van der Waals surface area contributed by atoms with Gasteiger partial charge >= 0.3 is 0 Å². The highest BCUT2D eigenvalue weighted by molar-refractivity contribution is 7.89. The molecular formula is C14H27NO4S. The van der Waals surface area contributed by atoms with E-state index in [0.717, 1.165) is 19.3 Å². The highest BCUT2D eigenvalue weighted by Gasteiger charge is 2.33. The summed E-state index contributed by atoms with van der Waals surface area (Å²) in [5, 5.41) is 18.9. The number of hydrogen-bond donors (Lipinski definition) is 2. The van der Waals surface area contributed by atoms with E-state index in [-0.39, 0.29) is 24.8 Å². The van der Waals surface area contributed by atoms with Crippen molar-refractivity contribution in [2.24, 2.45) is 11.8 Å². The molecule has 20 heavy (non-hydrogen) atoms. The van der Waals surface area contributed by atoms with Crippen molar-refractivity contribution in [3.05, 3.63) is 0 Å². The lowest BCUT2D eigenvalue weighted by Gasteiger charge is -2.34. The predicted octanol–water partition coefficient (Wildman–Crippen LogP) is 0.962. The van der Waals surface area contributed by atoms with Crippen LogP contribution in [0.2, 0.25) is 0 Å². The van der Waals surface area contributed by atoms with Crippen LogP contribution in [0, 0.1) is 11.8 Å². The number of rotatable bonds is 5. The maximum absolute atomic E-state index is 12.4. The van der Waals surface area contributed by atoms with Gasteiger partial charge in [0.05, 0.1) is 11.9 Å². The Hall–Kier alpha value is -0.170. The summed E-state index contributed by atoms with van der Waals surface area (Å²) in [7, 11) is -3.24. The Bertz CT molecular complexity index is 392. The number of aliphatic hydroxyl groups excluding tert-OH is 2. The van der Waals surface area contributed by atoms with E-state index in [9.17, 15) is 18.6 Å². The van der Waals surface area contributed by atoms with E-state index < -0.39 is 16.1 Å². The molecule has 118 valence electrons. The largest absolute Gasteiger partial charge is 0.396 e. The van der Waals surface area contributed by atoms with Gasteiger partial charge in [0.25, 0.3) is 0 Å². The predicted molar refractivity (Wildman–Crippen MR) is 77.8 cm³/mol. The van der Waals surface area contributed by atoms with Crippen LogP contribution in [-0.4, -0.2) is 54.5 Å². The minimum absolute atomic E-state index is 0.157. The second-order valence-electron chi connectivity index (χ2n) is 6.27. The summed E-state index contributed by atoms with van der Waals surface area (Å²) in [4.78, 5) is 0. The van der Waals surface area contributed by atoms with Gasteiger partial charge in [-0.2, -0.15) is 0 Å². The van der Waals surface area contributed by atoms with Gasteiger partial charge in [-0.25, -0.2) is 12.7 Å². The van der Waals surface area contributed by atoms with Crippen molar-refractivity contribution in [1.82, 2.24) is 4.31 Å². The fourth-order valence-electron chi connectivity index (χ4n) is 3.34. The first kappa shape index (κ1) is 16.2. The zero-order valence-corrected chi connectivity index (χ0v) is 12.9. The van der Waals surface area contributed by atoms with E-state index in [1.54, 1.807) is 0 Å². The fraction of sp³-hybridized carbons (Fsp3) is 1.00. The maximum Gasteiger partial charge on any atom is 0.214 e. The summed E-state index contributed by atoms with van der Waals surface area (Å²) < 4.78 is 26.2. The topological polar surface area (TPSA) is 77.8 Å². The van der Waals surface area contributed by atoms with Gasteiger partial charge in [0.15, 0.2) is 0 Å². The molecule has 2 rings (SSSR count). The molecule has 1 saturated heterocycles. The average molecular weight is 305 g/mol. The van der Waals surface area contributed by atoms with Crippen molar-refractivity contribution in [1.29, 1.82) is 0 Å². The van der Waals surface area contributed by atoms with Crippen LogP contribution in [-0.2, 0) is 10.0 Å². The lowest BCUT2D eigenvalue weighted by Crippen LogP contribution is -2.47. The molecule has 0 aromatic heterocycles. The first-order valence-corrected chi connectivity index (χ1v) is 9.40. The van der Waals surface area contributed by atoms with E-state index >= 15 is 0 Å². The maximum atomic E-state index is 12.4. The Kier molecular flexibility index (Phi) is 5.84. The van der Waals surface area contributed by atoms with Gasteiger partial charge in [-0.3, -0.25) is 0 Å². The number of sulfonamides is 1. The molecule has 0 aromatic rings. The third-order valence-corrected chi connectivity index (χ3v) is 6.66. The van der Waals surface area contributed by atoms with Gasteiger partial charge in [-0.15, -0.1) is 0 Å². The summed E-state index contributed by atoms with van der Waals surface area (Å²) in [6.45, 7) is 0.477. The molecule has 0 radical (unpaired) electrons. The Morgan fingerprint density at radius 1 is 1.10 bits per heavy atom. The summed E-state index contributed by atoms with van der Waals surface area (Å²) in [5.41, 5.74) is 0. The average Bonchev–Trinajstić information content (AvgIpc) is 2.46. The van der Waals surface area contributed by atoms with Crippen LogP contribution in [0.3, 0.4) is 0 Å². The molecule has 0 spiro atoms. The molecule has 1 aliphatic carbocycles. The molecule has 2 unspecified atom stereocenters. The lowest BCUT2D eigenvalue weighted by molar-refractivity contribution is 0.0231. The first-order chi connectivity index (χ1) is 9.53. The van der Waals surface area contributed by atoms with E-state index in [2.05, 4.69) is 0 Å². The van der Waals surface area contributed by atoms with E-state index in [1.807, 2.05) is 0 Å². The molecule has 6 heteroatoms. The summed E-state index contributed by atoms with van der Waals surface area (Å²) in [6, 6.07) is 0. The van der Waals surface area contributed by atoms with E-state index in [4.69, 9.17) is 0 Å². The van der Waals surface area contributed by atoms with E-state index in [1.165, 1.54) is 23.6 Å². The second kappa shape index (κ2) is 7.20. The third kappa shape index (κ3) is 4.16. The highest BCUT2D eigenvalue weighted by atomic mass is 32.2. The van der Waals surface area contributed by atoms with E-state index in [0.29, 0.717) is 18.9 Å². The van der Waals surface area contributed by atoms with Gasteiger partial charge in [0.2, 0.25) is 10.0 Å². The second-order valence-corrected chi connectivity index (χ2v) is 8.35. The Morgan fingerprint density at radius 3 is 2.45 bits per heavy atom. The molecule has 1 saturated carbocycles. The molecular weight excluding hydrogens is 278 g/mol. The Morgan fingerprint density at radius 2 is 1.80 bits per heavy atom. The molecule has 0 amide bonds. The standard InChI is InChI=1S/C14H27NO4S/c16-11-13-10-15(8-6-14(13)17)20(18,19)9-7-12-4-2-1-3-5-12/h12-14,16-17H,1-11H2. The number of nitrogens with zero attached hydrogens (tertiary/aromatic N) is 1. The van der Waals surface area contributed by atoms with Crippen molar-refractivity contribution in [2.45, 2.75) is 51.0 Å². The van der Waals surface area contributed by atoms with Crippen LogP contribution in [0.1, 0.15) is 44.9 Å². The molecule has 0 bridgehead atoms. The minimum Gasteiger partial charge on any atom is -0.396 e. The molecule has 1 aliphatic heterocycles. The summed E-state index contributed by atoms with van der Waals surface area (Å²) >= 11 is 0. The van der Waals surface area contributed by atoms with Crippen molar-refractivity contribution < 1.29 is 18.6 Å².